The molecule has 0 saturated carbocycles. The van der Waals surface area contributed by atoms with Gasteiger partial charge in [0.05, 0.1) is 22.6 Å². The van der Waals surface area contributed by atoms with Crippen molar-refractivity contribution in [2.45, 2.75) is 39.2 Å². The maximum atomic E-state index is 14.3. The second-order valence-electron chi connectivity index (χ2n) is 9.69. The van der Waals surface area contributed by atoms with Gasteiger partial charge in [0.15, 0.2) is 0 Å². The van der Waals surface area contributed by atoms with Crippen molar-refractivity contribution in [2.75, 3.05) is 5.01 Å². The van der Waals surface area contributed by atoms with Crippen molar-refractivity contribution in [2.24, 2.45) is 5.10 Å². The lowest BCUT2D eigenvalue weighted by molar-refractivity contribution is -0.122. The number of hydrogen-bond donors (Lipinski definition) is 1. The molecule has 7 nitrogen and oxygen atoms in total. The minimum Gasteiger partial charge on any atom is -0.507 e. The molecule has 3 heterocycles. The van der Waals surface area contributed by atoms with Crippen LogP contribution in [0.5, 0.6) is 5.75 Å². The summed E-state index contributed by atoms with van der Waals surface area (Å²) < 4.78 is 3.33. The second-order valence-corrected chi connectivity index (χ2v) is 9.69. The van der Waals surface area contributed by atoms with E-state index in [1.807, 2.05) is 80.6 Å². The number of phenolic OH excluding ortho intramolecular Hbond substituents is 1. The van der Waals surface area contributed by atoms with Gasteiger partial charge in [0, 0.05) is 16.8 Å². The van der Waals surface area contributed by atoms with Gasteiger partial charge < -0.3 is 5.11 Å². The van der Waals surface area contributed by atoms with Crippen LogP contribution in [0.3, 0.4) is 0 Å². The van der Waals surface area contributed by atoms with Crippen LogP contribution in [0.2, 0.25) is 0 Å². The lowest BCUT2D eigenvalue weighted by atomic mass is 9.85. The van der Waals surface area contributed by atoms with E-state index in [1.165, 1.54) is 5.01 Å². The smallest absolute Gasteiger partial charge is 0.285 e. The van der Waals surface area contributed by atoms with Crippen molar-refractivity contribution >= 4 is 17.3 Å². The Labute approximate surface area is 208 Å². The highest BCUT2D eigenvalue weighted by molar-refractivity contribution is 6.23. The number of amides is 1. The Hall–Kier alpha value is -4.39. The predicted molar refractivity (Wildman–Crippen MR) is 140 cm³/mol. The average molecular weight is 479 g/mol. The van der Waals surface area contributed by atoms with Crippen LogP contribution < -0.4 is 10.6 Å². The lowest BCUT2D eigenvalue weighted by Gasteiger charge is -2.27. The molecule has 7 heteroatoms. The SMILES string of the molecule is CC1=NN(c2ccccc2)C(=O)C12c1ccccc1-n1c(=O)c(-c3cc(C(C)C)ccc3O)c(C)n12. The van der Waals surface area contributed by atoms with Gasteiger partial charge in [0.25, 0.3) is 11.5 Å². The molecule has 1 unspecified atom stereocenters. The molecule has 1 spiro atoms. The minimum absolute atomic E-state index is 0.0286. The number of phenols is 1. The number of hydrogen-bond acceptors (Lipinski definition) is 4. The molecule has 1 N–H and O–H groups in total. The van der Waals surface area contributed by atoms with Crippen molar-refractivity contribution in [3.05, 3.63) is 100.0 Å². The van der Waals surface area contributed by atoms with E-state index >= 15 is 0 Å². The van der Waals surface area contributed by atoms with Crippen LogP contribution in [0, 0.1) is 6.92 Å². The molecule has 0 bridgehead atoms. The first-order valence-corrected chi connectivity index (χ1v) is 12.0. The van der Waals surface area contributed by atoms with E-state index in [2.05, 4.69) is 13.8 Å². The van der Waals surface area contributed by atoms with Crippen LogP contribution in [0.15, 0.2) is 82.7 Å². The number of hydrazone groups is 1. The second kappa shape index (κ2) is 7.55. The Morgan fingerprint density at radius 2 is 1.61 bits per heavy atom. The number of fused-ring (bicyclic) bond motifs is 5. The minimum atomic E-state index is -1.31. The Morgan fingerprint density at radius 1 is 0.917 bits per heavy atom. The molecule has 0 saturated heterocycles. The zero-order valence-corrected chi connectivity index (χ0v) is 20.6. The highest BCUT2D eigenvalue weighted by Gasteiger charge is 2.59. The van der Waals surface area contributed by atoms with Gasteiger partial charge in [-0.3, -0.25) is 14.3 Å². The largest absolute Gasteiger partial charge is 0.507 e. The molecule has 36 heavy (non-hydrogen) atoms. The van der Waals surface area contributed by atoms with Crippen LogP contribution in [-0.2, 0) is 10.3 Å². The van der Waals surface area contributed by atoms with Gasteiger partial charge in [-0.1, -0.05) is 56.3 Å². The number of carbonyl (C=O) groups excluding carboxylic acids is 1. The number of para-hydroxylation sites is 2. The molecule has 3 aromatic carbocycles. The van der Waals surface area contributed by atoms with Gasteiger partial charge in [-0.25, -0.2) is 4.68 Å². The van der Waals surface area contributed by atoms with E-state index < -0.39 is 5.54 Å². The number of aromatic hydroxyl groups is 1. The molecule has 1 aromatic heterocycles. The molecular formula is C29H26N4O3. The normalized spacial score (nSPS) is 18.2. The summed E-state index contributed by atoms with van der Waals surface area (Å²) in [5.41, 5.74) is 3.42. The molecule has 2 aliphatic rings. The quantitative estimate of drug-likeness (QED) is 0.454. The third-order valence-corrected chi connectivity index (χ3v) is 7.36. The molecule has 180 valence electrons. The Morgan fingerprint density at radius 3 is 2.33 bits per heavy atom. The van der Waals surface area contributed by atoms with Crippen molar-refractivity contribution in [3.63, 3.8) is 0 Å². The molecule has 1 atom stereocenters. The van der Waals surface area contributed by atoms with E-state index in [9.17, 15) is 14.7 Å². The van der Waals surface area contributed by atoms with Gasteiger partial charge in [-0.2, -0.15) is 10.1 Å². The number of benzene rings is 3. The number of aromatic nitrogens is 2. The Bertz CT molecular complexity index is 1640. The van der Waals surface area contributed by atoms with E-state index in [4.69, 9.17) is 5.10 Å². The summed E-state index contributed by atoms with van der Waals surface area (Å²) in [6, 6.07) is 22.1. The number of rotatable bonds is 3. The first-order valence-electron chi connectivity index (χ1n) is 12.0. The zero-order valence-electron chi connectivity index (χ0n) is 20.6. The molecule has 6 rings (SSSR count). The van der Waals surface area contributed by atoms with Crippen LogP contribution in [0.1, 0.15) is 43.5 Å². The first-order chi connectivity index (χ1) is 17.3. The Balaban J connectivity index is 1.66. The van der Waals surface area contributed by atoms with Gasteiger partial charge in [-0.05, 0) is 55.7 Å². The predicted octanol–water partition coefficient (Wildman–Crippen LogP) is 4.92. The Kier molecular flexibility index (Phi) is 4.64. The van der Waals surface area contributed by atoms with E-state index in [0.717, 1.165) is 5.56 Å². The van der Waals surface area contributed by atoms with Gasteiger partial charge >= 0.3 is 0 Å². The third kappa shape index (κ3) is 2.65. The fourth-order valence-corrected chi connectivity index (χ4v) is 5.60. The molecule has 4 aromatic rings. The average Bonchev–Trinajstić information content (AvgIpc) is 3.43. The summed E-state index contributed by atoms with van der Waals surface area (Å²) in [7, 11) is 0. The summed E-state index contributed by atoms with van der Waals surface area (Å²) in [6.45, 7) is 7.79. The molecule has 2 aliphatic heterocycles. The fourth-order valence-electron chi connectivity index (χ4n) is 5.60. The third-order valence-electron chi connectivity index (χ3n) is 7.36. The van der Waals surface area contributed by atoms with Crippen molar-refractivity contribution in [1.82, 2.24) is 9.36 Å². The van der Waals surface area contributed by atoms with Crippen molar-refractivity contribution < 1.29 is 9.90 Å². The molecule has 0 fully saturated rings. The first kappa shape index (κ1) is 22.1. The number of nitrogens with zero attached hydrogens (tertiary/aromatic N) is 4. The van der Waals surface area contributed by atoms with Crippen LogP contribution in [0.25, 0.3) is 16.8 Å². The monoisotopic (exact) mass is 478 g/mol. The molecule has 0 radical (unpaired) electrons. The standard InChI is InChI=1S/C29H26N4O3/c1-17(2)20-14-15-25(34)22(16-20)26-18(3)33-29(23-12-8-9-13-24(23)32(33)27(26)35)19(4)30-31(28(29)36)21-10-6-5-7-11-21/h5-17,34H,1-4H3. The maximum absolute atomic E-state index is 14.3. The van der Waals surface area contributed by atoms with Crippen molar-refractivity contribution in [3.8, 4) is 22.6 Å². The molecule has 1 amide bonds. The highest BCUT2D eigenvalue weighted by atomic mass is 16.3. The van der Waals surface area contributed by atoms with Gasteiger partial charge in [0.2, 0.25) is 5.54 Å². The summed E-state index contributed by atoms with van der Waals surface area (Å²) >= 11 is 0. The van der Waals surface area contributed by atoms with Crippen LogP contribution >= 0.6 is 0 Å². The van der Waals surface area contributed by atoms with E-state index in [1.54, 1.807) is 15.4 Å². The number of carbonyl (C=O) groups is 1. The van der Waals surface area contributed by atoms with Gasteiger partial charge in [0.1, 0.15) is 5.75 Å². The van der Waals surface area contributed by atoms with Crippen LogP contribution in [0.4, 0.5) is 5.69 Å². The van der Waals surface area contributed by atoms with Gasteiger partial charge in [-0.15, -0.1) is 0 Å². The topological polar surface area (TPSA) is 79.8 Å². The molecule has 0 aliphatic carbocycles. The van der Waals surface area contributed by atoms with E-state index in [-0.39, 0.29) is 23.1 Å². The van der Waals surface area contributed by atoms with Crippen LogP contribution in [-0.4, -0.2) is 26.1 Å². The zero-order chi connectivity index (χ0) is 25.4. The molecular weight excluding hydrogens is 452 g/mol. The lowest BCUT2D eigenvalue weighted by Crippen LogP contribution is -2.48. The summed E-state index contributed by atoms with van der Waals surface area (Å²) in [5.74, 6) is -0.00489. The number of anilines is 1. The highest BCUT2D eigenvalue weighted by Crippen LogP contribution is 2.46. The fraction of sp³-hybridized carbons (Fsp3) is 0.207. The summed E-state index contributed by atoms with van der Waals surface area (Å²) in [5, 5.41) is 16.9. The summed E-state index contributed by atoms with van der Waals surface area (Å²) in [6.07, 6.45) is 0. The van der Waals surface area contributed by atoms with Crippen molar-refractivity contribution in [1.29, 1.82) is 0 Å². The summed E-state index contributed by atoms with van der Waals surface area (Å²) in [4.78, 5) is 28.4. The maximum Gasteiger partial charge on any atom is 0.285 e. The van der Waals surface area contributed by atoms with E-state index in [0.29, 0.717) is 39.5 Å².